The zero-order valence-corrected chi connectivity index (χ0v) is 9.53. The van der Waals surface area contributed by atoms with Gasteiger partial charge in [-0.05, 0) is 38.4 Å². The van der Waals surface area contributed by atoms with E-state index in [2.05, 4.69) is 15.6 Å². The molecule has 1 unspecified atom stereocenters. The largest absolute Gasteiger partial charge is 0.316 e. The molecule has 2 rings (SSSR count). The van der Waals surface area contributed by atoms with Gasteiger partial charge < -0.3 is 15.6 Å². The summed E-state index contributed by atoms with van der Waals surface area (Å²) in [6.45, 7) is 4.14. The Morgan fingerprint density at radius 2 is 2.53 bits per heavy atom. The lowest BCUT2D eigenvalue weighted by molar-refractivity contribution is 0.499. The van der Waals surface area contributed by atoms with Gasteiger partial charge in [-0.2, -0.15) is 0 Å². The summed E-state index contributed by atoms with van der Waals surface area (Å²) in [6.07, 6.45) is 2.53. The van der Waals surface area contributed by atoms with Crippen LogP contribution in [0.25, 0.3) is 0 Å². The first kappa shape index (κ1) is 10.9. The molecule has 0 saturated carbocycles. The molecule has 1 aliphatic heterocycles. The fourth-order valence-electron chi connectivity index (χ4n) is 1.89. The zero-order valence-electron chi connectivity index (χ0n) is 8.71. The number of aromatic amines is 1. The fourth-order valence-corrected chi connectivity index (χ4v) is 2.47. The molecule has 5 heteroatoms. The highest BCUT2D eigenvalue weighted by Crippen LogP contribution is 2.10. The minimum absolute atomic E-state index is 0.0341. The first-order valence-electron chi connectivity index (χ1n) is 5.43. The van der Waals surface area contributed by atoms with Crippen molar-refractivity contribution in [1.29, 1.82) is 0 Å². The monoisotopic (exact) mass is 227 g/mol. The third-order valence-electron chi connectivity index (χ3n) is 2.78. The lowest BCUT2D eigenvalue weighted by Gasteiger charge is -2.08. The second kappa shape index (κ2) is 5.44. The first-order valence-corrected chi connectivity index (χ1v) is 6.30. The van der Waals surface area contributed by atoms with Gasteiger partial charge in [-0.1, -0.05) is 11.3 Å². The van der Waals surface area contributed by atoms with Crippen LogP contribution in [0.4, 0.5) is 0 Å². The van der Waals surface area contributed by atoms with Gasteiger partial charge >= 0.3 is 4.87 Å². The molecule has 2 heterocycles. The molecule has 1 aliphatic rings. The van der Waals surface area contributed by atoms with Crippen molar-refractivity contribution >= 4 is 11.3 Å². The first-order chi connectivity index (χ1) is 7.34. The maximum atomic E-state index is 10.9. The molecule has 1 aromatic heterocycles. The highest BCUT2D eigenvalue weighted by atomic mass is 32.1. The Hall–Kier alpha value is -0.650. The number of hydrogen-bond acceptors (Lipinski definition) is 4. The van der Waals surface area contributed by atoms with Crippen LogP contribution in [0.2, 0.25) is 0 Å². The van der Waals surface area contributed by atoms with E-state index in [1.807, 2.05) is 5.38 Å². The molecule has 0 bridgehead atoms. The van der Waals surface area contributed by atoms with E-state index in [1.54, 1.807) is 0 Å². The standard InChI is InChI=1S/C10H17N3OS/c14-10-13-9(7-15-10)6-12-4-2-8-1-3-11-5-8/h7-8,11-12H,1-6H2,(H,13,14). The minimum atomic E-state index is 0.0341. The Kier molecular flexibility index (Phi) is 3.94. The fraction of sp³-hybridized carbons (Fsp3) is 0.700. The Bertz CT molecular complexity index is 340. The summed E-state index contributed by atoms with van der Waals surface area (Å²) in [7, 11) is 0. The number of nitrogens with one attached hydrogen (secondary N) is 3. The van der Waals surface area contributed by atoms with Gasteiger partial charge in [-0.25, -0.2) is 0 Å². The SMILES string of the molecule is O=c1[nH]c(CNCCC2CCNC2)cs1. The number of rotatable bonds is 5. The molecule has 84 valence electrons. The molecule has 0 spiro atoms. The lowest BCUT2D eigenvalue weighted by Crippen LogP contribution is -2.19. The van der Waals surface area contributed by atoms with Gasteiger partial charge in [-0.15, -0.1) is 0 Å². The smallest absolute Gasteiger partial charge is 0.304 e. The normalized spacial score (nSPS) is 20.9. The Morgan fingerprint density at radius 1 is 1.60 bits per heavy atom. The average molecular weight is 227 g/mol. The number of thiazole rings is 1. The van der Waals surface area contributed by atoms with E-state index in [-0.39, 0.29) is 4.87 Å². The highest BCUT2D eigenvalue weighted by Gasteiger charge is 2.13. The minimum Gasteiger partial charge on any atom is -0.316 e. The van der Waals surface area contributed by atoms with Crippen LogP contribution in [0.3, 0.4) is 0 Å². The Labute approximate surface area is 93.1 Å². The number of H-pyrrole nitrogens is 1. The van der Waals surface area contributed by atoms with Gasteiger partial charge in [0, 0.05) is 17.6 Å². The van der Waals surface area contributed by atoms with E-state index in [9.17, 15) is 4.79 Å². The third-order valence-corrected chi connectivity index (χ3v) is 3.50. The maximum absolute atomic E-state index is 10.9. The van der Waals surface area contributed by atoms with Crippen molar-refractivity contribution in [1.82, 2.24) is 15.6 Å². The predicted molar refractivity (Wildman–Crippen MR) is 62.2 cm³/mol. The molecule has 4 nitrogen and oxygen atoms in total. The molecule has 0 amide bonds. The van der Waals surface area contributed by atoms with Crippen LogP contribution in [0.5, 0.6) is 0 Å². The van der Waals surface area contributed by atoms with Crippen LogP contribution in [0, 0.1) is 5.92 Å². The van der Waals surface area contributed by atoms with Crippen molar-refractivity contribution in [2.75, 3.05) is 19.6 Å². The topological polar surface area (TPSA) is 56.9 Å². The van der Waals surface area contributed by atoms with E-state index < -0.39 is 0 Å². The van der Waals surface area contributed by atoms with Crippen molar-refractivity contribution in [3.63, 3.8) is 0 Å². The van der Waals surface area contributed by atoms with E-state index in [4.69, 9.17) is 0 Å². The second-order valence-electron chi connectivity index (χ2n) is 4.00. The quantitative estimate of drug-likeness (QED) is 0.643. The summed E-state index contributed by atoms with van der Waals surface area (Å²) in [4.78, 5) is 13.7. The molecule has 0 radical (unpaired) electrons. The molecule has 3 N–H and O–H groups in total. The van der Waals surface area contributed by atoms with Gasteiger partial charge in [0.25, 0.3) is 0 Å². The van der Waals surface area contributed by atoms with Crippen LogP contribution in [-0.2, 0) is 6.54 Å². The molecule has 0 aliphatic carbocycles. The molecule has 1 atom stereocenters. The maximum Gasteiger partial charge on any atom is 0.304 e. The van der Waals surface area contributed by atoms with E-state index in [1.165, 1.54) is 30.7 Å². The van der Waals surface area contributed by atoms with Crippen LogP contribution in [-0.4, -0.2) is 24.6 Å². The van der Waals surface area contributed by atoms with Gasteiger partial charge in [-0.3, -0.25) is 4.79 Å². The van der Waals surface area contributed by atoms with Crippen molar-refractivity contribution in [3.05, 3.63) is 20.7 Å². The Balaban J connectivity index is 1.60. The van der Waals surface area contributed by atoms with Gasteiger partial charge in [0.2, 0.25) is 0 Å². The number of aromatic nitrogens is 1. The van der Waals surface area contributed by atoms with Crippen molar-refractivity contribution in [2.24, 2.45) is 5.92 Å². The highest BCUT2D eigenvalue weighted by molar-refractivity contribution is 7.07. The van der Waals surface area contributed by atoms with E-state index >= 15 is 0 Å². The second-order valence-corrected chi connectivity index (χ2v) is 4.84. The molecule has 1 fully saturated rings. The molecule has 15 heavy (non-hydrogen) atoms. The van der Waals surface area contributed by atoms with Crippen molar-refractivity contribution in [3.8, 4) is 0 Å². The van der Waals surface area contributed by atoms with Crippen molar-refractivity contribution in [2.45, 2.75) is 19.4 Å². The molecular weight excluding hydrogens is 210 g/mol. The van der Waals surface area contributed by atoms with Gasteiger partial charge in [0.1, 0.15) is 0 Å². The molecule has 0 aromatic carbocycles. The summed E-state index contributed by atoms with van der Waals surface area (Å²) >= 11 is 1.23. The molecule has 1 saturated heterocycles. The lowest BCUT2D eigenvalue weighted by atomic mass is 10.1. The van der Waals surface area contributed by atoms with E-state index in [0.29, 0.717) is 0 Å². The summed E-state index contributed by atoms with van der Waals surface area (Å²) in [5.74, 6) is 0.832. The van der Waals surface area contributed by atoms with Gasteiger partial charge in [0.15, 0.2) is 0 Å². The molecule has 1 aromatic rings. The summed E-state index contributed by atoms with van der Waals surface area (Å²) < 4.78 is 0. The number of hydrogen-bond donors (Lipinski definition) is 3. The third kappa shape index (κ3) is 3.44. The summed E-state index contributed by atoms with van der Waals surface area (Å²) in [6, 6.07) is 0. The summed E-state index contributed by atoms with van der Waals surface area (Å²) in [5.41, 5.74) is 0.995. The van der Waals surface area contributed by atoms with Crippen LogP contribution in [0.15, 0.2) is 10.2 Å². The van der Waals surface area contributed by atoms with E-state index in [0.717, 1.165) is 31.2 Å². The van der Waals surface area contributed by atoms with Crippen LogP contribution < -0.4 is 15.5 Å². The Morgan fingerprint density at radius 3 is 3.20 bits per heavy atom. The zero-order chi connectivity index (χ0) is 10.5. The van der Waals surface area contributed by atoms with Crippen LogP contribution in [0.1, 0.15) is 18.5 Å². The predicted octanol–water partition coefficient (Wildman–Crippen LogP) is 0.526. The average Bonchev–Trinajstić information content (AvgIpc) is 2.84. The molecular formula is C10H17N3OS. The summed E-state index contributed by atoms with van der Waals surface area (Å²) in [5, 5.41) is 8.59. The van der Waals surface area contributed by atoms with Gasteiger partial charge in [0.05, 0.1) is 0 Å². The van der Waals surface area contributed by atoms with Crippen molar-refractivity contribution < 1.29 is 0 Å². The van der Waals surface area contributed by atoms with Crippen LogP contribution >= 0.6 is 11.3 Å².